The lowest BCUT2D eigenvalue weighted by atomic mass is 9.66. The molecule has 2 saturated carbocycles. The van der Waals surface area contributed by atoms with Gasteiger partial charge in [0.25, 0.3) is 5.91 Å². The fraction of sp³-hybridized carbons (Fsp3) is 0.467. The van der Waals surface area contributed by atoms with Gasteiger partial charge in [0.05, 0.1) is 16.4 Å². The van der Waals surface area contributed by atoms with Crippen LogP contribution in [0.15, 0.2) is 42.5 Å². The number of benzene rings is 2. The second-order valence-corrected chi connectivity index (χ2v) is 12.8. The van der Waals surface area contributed by atoms with Crippen LogP contribution in [-0.4, -0.2) is 22.2 Å². The largest absolute Gasteiger partial charge is 0.351 e. The van der Waals surface area contributed by atoms with Gasteiger partial charge in [-0.25, -0.2) is 4.68 Å². The van der Waals surface area contributed by atoms with E-state index < -0.39 is 0 Å². The van der Waals surface area contributed by atoms with Crippen molar-refractivity contribution in [2.75, 3.05) is 6.54 Å². The van der Waals surface area contributed by atoms with Crippen LogP contribution in [0.1, 0.15) is 68.9 Å². The number of aromatic nitrogens is 2. The summed E-state index contributed by atoms with van der Waals surface area (Å²) in [6, 6.07) is 12.8. The lowest BCUT2D eigenvalue weighted by Crippen LogP contribution is -2.33. The van der Waals surface area contributed by atoms with Gasteiger partial charge in [0.2, 0.25) is 0 Å². The van der Waals surface area contributed by atoms with E-state index >= 15 is 0 Å². The Morgan fingerprint density at radius 2 is 1.78 bits per heavy atom. The number of fused-ring (bicyclic) bond motifs is 2. The number of nitrogens with one attached hydrogen (secondary N) is 1. The zero-order valence-electron chi connectivity index (χ0n) is 21.9. The van der Waals surface area contributed by atoms with Crippen molar-refractivity contribution in [2.24, 2.45) is 22.7 Å². The maximum Gasteiger partial charge on any atom is 0.272 e. The molecule has 2 aliphatic carbocycles. The molecular weight excluding hydrogens is 525 g/mol. The van der Waals surface area contributed by atoms with Crippen LogP contribution in [-0.2, 0) is 0 Å². The summed E-state index contributed by atoms with van der Waals surface area (Å²) < 4.78 is 1.73. The van der Waals surface area contributed by atoms with Crippen LogP contribution in [0.4, 0.5) is 0 Å². The van der Waals surface area contributed by atoms with Crippen LogP contribution >= 0.6 is 34.8 Å². The van der Waals surface area contributed by atoms with Crippen LogP contribution in [0.3, 0.4) is 0 Å². The van der Waals surface area contributed by atoms with E-state index in [0.717, 1.165) is 41.5 Å². The predicted molar refractivity (Wildman–Crippen MR) is 153 cm³/mol. The molecule has 7 heteroatoms. The standard InChI is InChI=1S/C30H34Cl3N3O/c1-18-26(28(37)34-15-5-6-21-16-20-13-14-30(21,4)29(20,2)3)35-36(25-12-11-23(32)17-24(25)33)27(18)19-7-9-22(31)10-8-19/h7-12,17,20-21H,5-6,13-16H2,1-4H3,(H,34,37). The van der Waals surface area contributed by atoms with Crippen molar-refractivity contribution in [3.8, 4) is 16.9 Å². The van der Waals surface area contributed by atoms with Crippen LogP contribution in [0, 0.1) is 29.6 Å². The zero-order valence-corrected chi connectivity index (χ0v) is 24.1. The Bertz CT molecular complexity index is 1330. The van der Waals surface area contributed by atoms with Crippen LogP contribution in [0.25, 0.3) is 16.9 Å². The molecule has 0 radical (unpaired) electrons. The van der Waals surface area contributed by atoms with Crippen molar-refractivity contribution in [3.63, 3.8) is 0 Å². The number of carbonyl (C=O) groups is 1. The van der Waals surface area contributed by atoms with Gasteiger partial charge in [-0.3, -0.25) is 4.79 Å². The minimum atomic E-state index is -0.170. The summed E-state index contributed by atoms with van der Waals surface area (Å²) in [6.07, 6.45) is 6.15. The molecule has 3 atom stereocenters. The molecule has 1 amide bonds. The smallest absolute Gasteiger partial charge is 0.272 e. The third-order valence-corrected chi connectivity index (χ3v) is 10.4. The molecular formula is C30H34Cl3N3O. The fourth-order valence-electron chi connectivity index (χ4n) is 6.93. The quantitative estimate of drug-likeness (QED) is 0.295. The van der Waals surface area contributed by atoms with Crippen molar-refractivity contribution in [2.45, 2.75) is 59.8 Å². The van der Waals surface area contributed by atoms with Gasteiger partial charge in [-0.2, -0.15) is 5.10 Å². The molecule has 4 nitrogen and oxygen atoms in total. The summed E-state index contributed by atoms with van der Waals surface area (Å²) in [6.45, 7) is 9.96. The van der Waals surface area contributed by atoms with Crippen molar-refractivity contribution in [1.29, 1.82) is 0 Å². The number of halogens is 3. The molecule has 2 fully saturated rings. The predicted octanol–water partition coefficient (Wildman–Crippen LogP) is 8.78. The first-order chi connectivity index (χ1) is 17.5. The third kappa shape index (κ3) is 4.60. The molecule has 3 aromatic rings. The first-order valence-electron chi connectivity index (χ1n) is 13.1. The fourth-order valence-corrected chi connectivity index (χ4v) is 7.54. The highest BCUT2D eigenvalue weighted by Gasteiger charge is 2.60. The second-order valence-electron chi connectivity index (χ2n) is 11.5. The maximum atomic E-state index is 13.3. The molecule has 196 valence electrons. The second kappa shape index (κ2) is 9.94. The number of hydrogen-bond donors (Lipinski definition) is 1. The number of amides is 1. The average Bonchev–Trinajstić information content (AvgIpc) is 3.37. The molecule has 2 bridgehead atoms. The highest BCUT2D eigenvalue weighted by atomic mass is 35.5. The van der Waals surface area contributed by atoms with Crippen LogP contribution in [0.5, 0.6) is 0 Å². The van der Waals surface area contributed by atoms with E-state index in [9.17, 15) is 4.79 Å². The van der Waals surface area contributed by atoms with Gasteiger partial charge in [-0.15, -0.1) is 0 Å². The summed E-state index contributed by atoms with van der Waals surface area (Å²) in [5, 5.41) is 9.50. The van der Waals surface area contributed by atoms with Gasteiger partial charge in [-0.05, 0) is 92.0 Å². The van der Waals surface area contributed by atoms with E-state index in [1.165, 1.54) is 19.3 Å². The number of nitrogens with zero attached hydrogens (tertiary/aromatic N) is 2. The summed E-state index contributed by atoms with van der Waals surface area (Å²) in [5.41, 5.74) is 4.37. The highest BCUT2D eigenvalue weighted by molar-refractivity contribution is 6.35. The Hall–Kier alpha value is -2.01. The van der Waals surface area contributed by atoms with Gasteiger partial charge in [0.15, 0.2) is 5.69 Å². The summed E-state index contributed by atoms with van der Waals surface area (Å²) in [5.74, 6) is 1.41. The van der Waals surface area contributed by atoms with E-state index in [1.54, 1.807) is 16.8 Å². The van der Waals surface area contributed by atoms with E-state index in [2.05, 4.69) is 26.1 Å². The third-order valence-electron chi connectivity index (χ3n) is 9.58. The Morgan fingerprint density at radius 3 is 2.41 bits per heavy atom. The normalized spacial score (nSPS) is 24.0. The summed E-state index contributed by atoms with van der Waals surface area (Å²) >= 11 is 18.8. The average molecular weight is 559 g/mol. The molecule has 37 heavy (non-hydrogen) atoms. The lowest BCUT2D eigenvalue weighted by Gasteiger charge is -2.39. The molecule has 5 rings (SSSR count). The molecule has 3 unspecified atom stereocenters. The number of hydrogen-bond acceptors (Lipinski definition) is 2. The molecule has 0 saturated heterocycles. The Labute approximate surface area is 234 Å². The lowest BCUT2D eigenvalue weighted by molar-refractivity contribution is 0.0917. The van der Waals surface area contributed by atoms with Gasteiger partial charge < -0.3 is 5.32 Å². The van der Waals surface area contributed by atoms with Gasteiger partial charge in [0, 0.05) is 27.7 Å². The minimum Gasteiger partial charge on any atom is -0.351 e. The SMILES string of the molecule is Cc1c(C(=O)NCCCC2CC3CCC2(C)C3(C)C)nn(-c2ccc(Cl)cc2Cl)c1-c1ccc(Cl)cc1. The molecule has 2 aromatic carbocycles. The van der Waals surface area contributed by atoms with Crippen molar-refractivity contribution in [3.05, 3.63) is 68.8 Å². The van der Waals surface area contributed by atoms with Crippen LogP contribution in [0.2, 0.25) is 15.1 Å². The first-order valence-corrected chi connectivity index (χ1v) is 14.3. The van der Waals surface area contributed by atoms with E-state index in [4.69, 9.17) is 39.9 Å². The first kappa shape index (κ1) is 26.6. The monoisotopic (exact) mass is 557 g/mol. The Morgan fingerprint density at radius 1 is 1.08 bits per heavy atom. The summed E-state index contributed by atoms with van der Waals surface area (Å²) in [7, 11) is 0. The summed E-state index contributed by atoms with van der Waals surface area (Å²) in [4.78, 5) is 13.3. The van der Waals surface area contributed by atoms with Crippen molar-refractivity contribution >= 4 is 40.7 Å². The van der Waals surface area contributed by atoms with E-state index in [0.29, 0.717) is 43.8 Å². The molecule has 1 aromatic heterocycles. The molecule has 0 spiro atoms. The van der Waals surface area contributed by atoms with Crippen molar-refractivity contribution < 1.29 is 4.79 Å². The van der Waals surface area contributed by atoms with E-state index in [1.807, 2.05) is 37.3 Å². The molecule has 1 N–H and O–H groups in total. The van der Waals surface area contributed by atoms with Crippen molar-refractivity contribution in [1.82, 2.24) is 15.1 Å². The minimum absolute atomic E-state index is 0.170. The topological polar surface area (TPSA) is 46.9 Å². The maximum absolute atomic E-state index is 13.3. The van der Waals surface area contributed by atoms with Gasteiger partial charge in [-0.1, -0.05) is 67.7 Å². The molecule has 2 aliphatic rings. The van der Waals surface area contributed by atoms with Crippen LogP contribution < -0.4 is 5.32 Å². The number of carbonyl (C=O) groups excluding carboxylic acids is 1. The zero-order chi connectivity index (χ0) is 26.5. The molecule has 0 aliphatic heterocycles. The Kier molecular flexibility index (Phi) is 7.15. The molecule has 1 heterocycles. The van der Waals surface area contributed by atoms with E-state index in [-0.39, 0.29) is 5.91 Å². The Balaban J connectivity index is 1.35. The van der Waals surface area contributed by atoms with Gasteiger partial charge in [0.1, 0.15) is 0 Å². The van der Waals surface area contributed by atoms with Gasteiger partial charge >= 0.3 is 0 Å². The number of rotatable bonds is 7. The highest BCUT2D eigenvalue weighted by Crippen LogP contribution is 2.68.